The number of hydrogen-bond donors (Lipinski definition) is 3. The standard InChI is InChI=1S/C15H26N2O6/c1-2-3-4-5-6-13(19)16-7-8-17(9-10-18,11-14(20)21)12-15(22)23/h3-4,18H,2,5-12H2,1H3,(H2-,16,19,20,21,22,23)/b4-3+. The van der Waals surface area contributed by atoms with Gasteiger partial charge in [0.1, 0.15) is 13.1 Å². The molecular formula is C15H26N2O6. The summed E-state index contributed by atoms with van der Waals surface area (Å²) in [4.78, 5) is 33.5. The van der Waals surface area contributed by atoms with Crippen molar-refractivity contribution >= 4 is 17.8 Å². The predicted octanol–water partition coefficient (Wildman–Crippen LogP) is -1.51. The molecule has 0 aliphatic heterocycles. The molecule has 0 aliphatic carbocycles. The first-order chi connectivity index (χ1) is 10.8. The van der Waals surface area contributed by atoms with Crippen LogP contribution in [0.3, 0.4) is 0 Å². The Balaban J connectivity index is 4.52. The van der Waals surface area contributed by atoms with E-state index in [0.717, 1.165) is 6.42 Å². The fourth-order valence-electron chi connectivity index (χ4n) is 2.28. The van der Waals surface area contributed by atoms with Gasteiger partial charge in [0.05, 0.1) is 25.7 Å². The first-order valence-corrected chi connectivity index (χ1v) is 7.64. The van der Waals surface area contributed by atoms with Gasteiger partial charge in [0.2, 0.25) is 5.91 Å². The van der Waals surface area contributed by atoms with E-state index in [1.54, 1.807) is 0 Å². The average Bonchev–Trinajstić information content (AvgIpc) is 2.42. The number of nitrogens with one attached hydrogen (secondary N) is 1. The molecular weight excluding hydrogens is 304 g/mol. The van der Waals surface area contributed by atoms with E-state index in [4.69, 9.17) is 10.2 Å². The molecule has 0 radical (unpaired) electrons. The number of hydrogen-bond acceptors (Lipinski definition) is 5. The molecule has 0 rings (SSSR count). The second kappa shape index (κ2) is 11.6. The third kappa shape index (κ3) is 10.4. The van der Waals surface area contributed by atoms with Crippen LogP contribution in [0, 0.1) is 0 Å². The van der Waals surface area contributed by atoms with Crippen LogP contribution >= 0.6 is 0 Å². The van der Waals surface area contributed by atoms with Crippen molar-refractivity contribution in [2.75, 3.05) is 39.3 Å². The number of aliphatic hydroxyl groups excluding tert-OH is 1. The highest BCUT2D eigenvalue weighted by Crippen LogP contribution is 2.05. The third-order valence-corrected chi connectivity index (χ3v) is 3.36. The Labute approximate surface area is 136 Å². The van der Waals surface area contributed by atoms with Gasteiger partial charge in [0, 0.05) is 6.42 Å². The van der Waals surface area contributed by atoms with Crippen molar-refractivity contribution in [1.82, 2.24) is 5.32 Å². The smallest absolute Gasteiger partial charge is 0.359 e. The second-order valence-corrected chi connectivity index (χ2v) is 5.36. The largest absolute Gasteiger partial charge is 0.544 e. The highest BCUT2D eigenvalue weighted by Gasteiger charge is 2.30. The number of allylic oxidation sites excluding steroid dienone is 2. The fraction of sp³-hybridized carbons (Fsp3) is 0.667. The Morgan fingerprint density at radius 2 is 1.87 bits per heavy atom. The van der Waals surface area contributed by atoms with Gasteiger partial charge in [-0.1, -0.05) is 19.1 Å². The van der Waals surface area contributed by atoms with Gasteiger partial charge in [-0.05, 0) is 12.8 Å². The van der Waals surface area contributed by atoms with Gasteiger partial charge in [-0.2, -0.15) is 0 Å². The van der Waals surface area contributed by atoms with Gasteiger partial charge >= 0.3 is 5.97 Å². The maximum Gasteiger partial charge on any atom is 0.359 e. The van der Waals surface area contributed by atoms with Crippen LogP contribution in [0.2, 0.25) is 0 Å². The van der Waals surface area contributed by atoms with Crippen LogP contribution in [-0.2, 0) is 14.4 Å². The summed E-state index contributed by atoms with van der Waals surface area (Å²) in [5.74, 6) is -2.75. The maximum absolute atomic E-state index is 11.6. The monoisotopic (exact) mass is 330 g/mol. The van der Waals surface area contributed by atoms with Gasteiger partial charge in [-0.25, -0.2) is 4.79 Å². The van der Waals surface area contributed by atoms with Crippen molar-refractivity contribution in [2.24, 2.45) is 0 Å². The molecule has 0 aromatic heterocycles. The number of carbonyl (C=O) groups is 3. The highest BCUT2D eigenvalue weighted by atomic mass is 16.4. The van der Waals surface area contributed by atoms with Gasteiger partial charge in [0.15, 0.2) is 6.54 Å². The summed E-state index contributed by atoms with van der Waals surface area (Å²) in [5, 5.41) is 31.6. The van der Waals surface area contributed by atoms with Crippen LogP contribution in [0.4, 0.5) is 0 Å². The number of aliphatic carboxylic acids is 2. The van der Waals surface area contributed by atoms with Crippen molar-refractivity contribution in [3.63, 3.8) is 0 Å². The Bertz CT molecular complexity index is 406. The summed E-state index contributed by atoms with van der Waals surface area (Å²) < 4.78 is -0.371. The average molecular weight is 330 g/mol. The molecule has 1 atom stereocenters. The second-order valence-electron chi connectivity index (χ2n) is 5.36. The topological polar surface area (TPSA) is 127 Å². The molecule has 0 aliphatic rings. The molecule has 23 heavy (non-hydrogen) atoms. The van der Waals surface area contributed by atoms with E-state index in [9.17, 15) is 19.5 Å². The molecule has 0 saturated carbocycles. The molecule has 3 N–H and O–H groups in total. The summed E-state index contributed by atoms with van der Waals surface area (Å²) in [6.07, 6.45) is 5.71. The van der Waals surface area contributed by atoms with Crippen molar-refractivity contribution in [3.8, 4) is 0 Å². The molecule has 0 heterocycles. The van der Waals surface area contributed by atoms with Crippen LogP contribution < -0.4 is 10.4 Å². The van der Waals surface area contributed by atoms with E-state index in [2.05, 4.69) is 5.32 Å². The molecule has 0 spiro atoms. The molecule has 8 heteroatoms. The quantitative estimate of drug-likeness (QED) is 0.278. The van der Waals surface area contributed by atoms with Crippen molar-refractivity contribution in [1.29, 1.82) is 0 Å². The maximum atomic E-state index is 11.6. The summed E-state index contributed by atoms with van der Waals surface area (Å²) in [6.45, 7) is 0.862. The Morgan fingerprint density at radius 3 is 2.39 bits per heavy atom. The molecule has 0 aromatic rings. The van der Waals surface area contributed by atoms with E-state index >= 15 is 0 Å². The molecule has 0 bridgehead atoms. The lowest BCUT2D eigenvalue weighted by Crippen LogP contribution is -2.60. The number of amides is 1. The minimum atomic E-state index is -1.39. The summed E-state index contributed by atoms with van der Waals surface area (Å²) in [6, 6.07) is 0. The minimum absolute atomic E-state index is 0.0324. The first-order valence-electron chi connectivity index (χ1n) is 7.64. The first kappa shape index (κ1) is 21.1. The zero-order valence-corrected chi connectivity index (χ0v) is 13.5. The Hall–Kier alpha value is -1.93. The van der Waals surface area contributed by atoms with Crippen LogP contribution in [0.15, 0.2) is 12.2 Å². The number of carbonyl (C=O) groups excluding carboxylic acids is 2. The molecule has 1 amide bonds. The summed E-state index contributed by atoms with van der Waals surface area (Å²) >= 11 is 0. The molecule has 8 nitrogen and oxygen atoms in total. The number of aliphatic hydroxyl groups is 1. The molecule has 0 fully saturated rings. The lowest BCUT2D eigenvalue weighted by molar-refractivity contribution is -0.915. The van der Waals surface area contributed by atoms with Crippen LogP contribution in [0.1, 0.15) is 26.2 Å². The van der Waals surface area contributed by atoms with E-state index < -0.39 is 25.0 Å². The number of carboxylic acids is 2. The van der Waals surface area contributed by atoms with Gasteiger partial charge in [-0.15, -0.1) is 0 Å². The molecule has 0 saturated heterocycles. The summed E-state index contributed by atoms with van der Waals surface area (Å²) in [7, 11) is 0. The SMILES string of the molecule is CC/C=C/CCC(=O)NCC[N+](CCO)(CC(=O)[O-])CC(=O)O. The van der Waals surface area contributed by atoms with E-state index in [0.29, 0.717) is 12.8 Å². The van der Waals surface area contributed by atoms with Gasteiger partial charge < -0.3 is 29.9 Å². The predicted molar refractivity (Wildman–Crippen MR) is 81.1 cm³/mol. The number of carboxylic acid groups (broad SMARTS) is 2. The number of nitrogens with zero attached hydrogens (tertiary/aromatic N) is 1. The van der Waals surface area contributed by atoms with Crippen molar-refractivity contribution in [3.05, 3.63) is 12.2 Å². The molecule has 0 aromatic carbocycles. The normalized spacial score (nSPS) is 13.7. The lowest BCUT2D eigenvalue weighted by atomic mass is 10.2. The molecule has 1 unspecified atom stereocenters. The van der Waals surface area contributed by atoms with Gasteiger partial charge in [0.25, 0.3) is 0 Å². The highest BCUT2D eigenvalue weighted by molar-refractivity contribution is 5.76. The summed E-state index contributed by atoms with van der Waals surface area (Å²) in [5.41, 5.74) is 0. The van der Waals surface area contributed by atoms with Crippen LogP contribution in [0.5, 0.6) is 0 Å². The fourth-order valence-corrected chi connectivity index (χ4v) is 2.28. The lowest BCUT2D eigenvalue weighted by Gasteiger charge is -2.37. The van der Waals surface area contributed by atoms with E-state index in [1.807, 2.05) is 19.1 Å². The zero-order chi connectivity index (χ0) is 17.7. The number of rotatable bonds is 13. The van der Waals surface area contributed by atoms with E-state index in [-0.39, 0.29) is 36.6 Å². The van der Waals surface area contributed by atoms with Crippen molar-refractivity contribution < 1.29 is 34.2 Å². The van der Waals surface area contributed by atoms with Crippen LogP contribution in [-0.4, -0.2) is 71.9 Å². The van der Waals surface area contributed by atoms with E-state index in [1.165, 1.54) is 0 Å². The molecule has 132 valence electrons. The Kier molecular flexibility index (Phi) is 10.6. The third-order valence-electron chi connectivity index (χ3n) is 3.36. The van der Waals surface area contributed by atoms with Crippen molar-refractivity contribution in [2.45, 2.75) is 26.2 Å². The number of quaternary nitrogens is 1. The zero-order valence-electron chi connectivity index (χ0n) is 13.5. The Morgan fingerprint density at radius 1 is 1.17 bits per heavy atom. The minimum Gasteiger partial charge on any atom is -0.544 e. The van der Waals surface area contributed by atoms with Gasteiger partial charge in [-0.3, -0.25) is 4.79 Å². The van der Waals surface area contributed by atoms with Crippen LogP contribution in [0.25, 0.3) is 0 Å².